The molecule has 2 nitrogen and oxygen atoms in total. The Labute approximate surface area is 399 Å². The van der Waals surface area contributed by atoms with Crippen LogP contribution in [0.15, 0.2) is 248 Å². The van der Waals surface area contributed by atoms with E-state index in [1.54, 1.807) is 0 Å². The molecule has 0 saturated heterocycles. The number of benzene rings is 10. The van der Waals surface area contributed by atoms with E-state index < -0.39 is 5.41 Å². The molecule has 10 aromatic carbocycles. The van der Waals surface area contributed by atoms with E-state index in [2.05, 4.69) is 244 Å². The Morgan fingerprint density at radius 1 is 0.318 bits per heavy atom. The fraction of sp³-hybridized carbons (Fsp3) is 0.0323. The summed E-state index contributed by atoms with van der Waals surface area (Å²) < 4.78 is 15.2. The number of fused-ring (bicyclic) bond motifs is 14. The number of furan rings is 2. The molecule has 12 aromatic rings. The maximum Gasteiger partial charge on any atom is 0.144 e. The molecule has 4 heteroatoms. The van der Waals surface area contributed by atoms with Crippen molar-refractivity contribution in [1.82, 2.24) is 0 Å². The van der Waals surface area contributed by atoms with Crippen LogP contribution in [0, 0.1) is 0 Å². The molecule has 0 amide bonds. The van der Waals surface area contributed by atoms with E-state index in [9.17, 15) is 0 Å². The summed E-state index contributed by atoms with van der Waals surface area (Å²) in [7, 11) is 0. The molecule has 2 aliphatic carbocycles. The molecule has 0 aliphatic heterocycles. The smallest absolute Gasteiger partial charge is 0.144 e. The molecule has 0 atom stereocenters. The fourth-order valence-corrected chi connectivity index (χ4v) is 12.5. The summed E-state index contributed by atoms with van der Waals surface area (Å²) >= 11 is 7.70. The predicted molar refractivity (Wildman–Crippen MR) is 277 cm³/mol. The van der Waals surface area contributed by atoms with Gasteiger partial charge in [-0.1, -0.05) is 232 Å². The molecule has 0 unspecified atom stereocenters. The lowest BCUT2D eigenvalue weighted by molar-refractivity contribution is 0.668. The lowest BCUT2D eigenvalue weighted by Crippen LogP contribution is -2.28. The monoisotopic (exact) mass is 972 g/mol. The van der Waals surface area contributed by atoms with Gasteiger partial charge in [0.2, 0.25) is 0 Å². The molecule has 0 radical (unpaired) electrons. The van der Waals surface area contributed by atoms with Gasteiger partial charge in [0, 0.05) is 41.6 Å². The highest BCUT2D eigenvalue weighted by molar-refractivity contribution is 9.11. The summed E-state index contributed by atoms with van der Waals surface area (Å²) in [5.74, 6) is 0. The second-order valence-electron chi connectivity index (χ2n) is 17.2. The van der Waals surface area contributed by atoms with Gasteiger partial charge in [-0.15, -0.1) is 0 Å². The molecule has 2 aliphatic rings. The average molecular weight is 975 g/mol. The predicted octanol–water partition coefficient (Wildman–Crippen LogP) is 17.4. The van der Waals surface area contributed by atoms with Crippen LogP contribution in [-0.2, 0) is 10.8 Å². The number of para-hydroxylation sites is 2. The lowest BCUT2D eigenvalue weighted by Gasteiger charge is -2.34. The van der Waals surface area contributed by atoms with Crippen LogP contribution in [0.3, 0.4) is 0 Å². The highest BCUT2D eigenvalue weighted by Crippen LogP contribution is 2.61. The largest absolute Gasteiger partial charge is 0.455 e. The van der Waals surface area contributed by atoms with Crippen LogP contribution in [0.5, 0.6) is 0 Å². The van der Waals surface area contributed by atoms with Crippen molar-refractivity contribution in [2.45, 2.75) is 10.8 Å². The lowest BCUT2D eigenvalue weighted by atomic mass is 9.67. The Balaban J connectivity index is 0.000000132. The van der Waals surface area contributed by atoms with Crippen LogP contribution in [0.25, 0.3) is 66.1 Å². The molecule has 66 heavy (non-hydrogen) atoms. The summed E-state index contributed by atoms with van der Waals surface area (Å²) in [5, 5.41) is 4.59. The third-order valence-corrected chi connectivity index (χ3v) is 15.2. The Morgan fingerprint density at radius 2 is 0.788 bits per heavy atom. The van der Waals surface area contributed by atoms with Crippen molar-refractivity contribution in [3.63, 3.8) is 0 Å². The van der Waals surface area contributed by atoms with Gasteiger partial charge in [0.05, 0.1) is 10.8 Å². The van der Waals surface area contributed by atoms with Gasteiger partial charge in [-0.2, -0.15) is 0 Å². The first-order valence-electron chi connectivity index (χ1n) is 22.3. The van der Waals surface area contributed by atoms with E-state index in [1.807, 2.05) is 18.2 Å². The highest BCUT2D eigenvalue weighted by Gasteiger charge is 2.49. The zero-order chi connectivity index (χ0) is 44.0. The normalized spacial score (nSPS) is 13.8. The summed E-state index contributed by atoms with van der Waals surface area (Å²) in [5.41, 5.74) is 17.8. The summed E-state index contributed by atoms with van der Waals surface area (Å²) in [6, 6.07) is 82.3. The van der Waals surface area contributed by atoms with Crippen molar-refractivity contribution < 1.29 is 8.83 Å². The third-order valence-electron chi connectivity index (χ3n) is 14.0. The van der Waals surface area contributed by atoms with Gasteiger partial charge in [0.1, 0.15) is 22.3 Å². The summed E-state index contributed by atoms with van der Waals surface area (Å²) in [6.07, 6.45) is 0. The van der Waals surface area contributed by atoms with Gasteiger partial charge < -0.3 is 8.83 Å². The van der Waals surface area contributed by atoms with Crippen LogP contribution in [0.4, 0.5) is 0 Å². The highest BCUT2D eigenvalue weighted by atomic mass is 79.9. The first-order chi connectivity index (χ1) is 32.6. The number of rotatable bonds is 4. The van der Waals surface area contributed by atoms with E-state index in [-0.39, 0.29) is 5.41 Å². The third kappa shape index (κ3) is 5.46. The zero-order valence-electron chi connectivity index (χ0n) is 35.5. The minimum atomic E-state index is -0.466. The molecule has 0 bridgehead atoms. The molecule has 2 heterocycles. The van der Waals surface area contributed by atoms with E-state index in [4.69, 9.17) is 8.83 Å². The van der Waals surface area contributed by atoms with Crippen molar-refractivity contribution in [1.29, 1.82) is 0 Å². The molecule has 14 rings (SSSR count). The maximum atomic E-state index is 6.59. The minimum absolute atomic E-state index is 0.387. The van der Waals surface area contributed by atoms with Gasteiger partial charge in [-0.25, -0.2) is 0 Å². The summed E-state index contributed by atoms with van der Waals surface area (Å²) in [4.78, 5) is 0. The van der Waals surface area contributed by atoms with Gasteiger partial charge in [-0.3, -0.25) is 0 Å². The number of hydrogen-bond donors (Lipinski definition) is 0. The molecule has 0 spiro atoms. The molecule has 0 saturated carbocycles. The van der Waals surface area contributed by atoms with Crippen molar-refractivity contribution in [2.24, 2.45) is 0 Å². The second-order valence-corrected chi connectivity index (χ2v) is 19.0. The van der Waals surface area contributed by atoms with Crippen LogP contribution in [-0.4, -0.2) is 0 Å². The second kappa shape index (κ2) is 15.2. The number of halogens is 2. The molecule has 0 fully saturated rings. The van der Waals surface area contributed by atoms with Crippen LogP contribution in [0.2, 0.25) is 0 Å². The maximum absolute atomic E-state index is 6.59. The Bertz CT molecular complexity index is 3750. The quantitative estimate of drug-likeness (QED) is 0.176. The fourth-order valence-electron chi connectivity index (χ4n) is 11.5. The van der Waals surface area contributed by atoms with Crippen molar-refractivity contribution in [2.75, 3.05) is 0 Å². The van der Waals surface area contributed by atoms with E-state index in [1.165, 1.54) is 77.5 Å². The van der Waals surface area contributed by atoms with E-state index in [0.717, 1.165) is 42.0 Å². The zero-order valence-corrected chi connectivity index (χ0v) is 38.7. The topological polar surface area (TPSA) is 26.3 Å². The first kappa shape index (κ1) is 39.2. The van der Waals surface area contributed by atoms with E-state index >= 15 is 0 Å². The number of hydrogen-bond acceptors (Lipinski definition) is 2. The van der Waals surface area contributed by atoms with Crippen molar-refractivity contribution in [3.8, 4) is 22.3 Å². The Morgan fingerprint density at radius 3 is 1.41 bits per heavy atom. The molecule has 312 valence electrons. The molecule has 0 N–H and O–H groups in total. The van der Waals surface area contributed by atoms with Gasteiger partial charge in [-0.05, 0) is 86.0 Å². The average Bonchev–Trinajstić information content (AvgIpc) is 4.11. The summed E-state index contributed by atoms with van der Waals surface area (Å²) in [6.45, 7) is 0. The first-order valence-corrected chi connectivity index (χ1v) is 23.9. The SMILES string of the molecule is Brc1ccc2c(c1)C(c1ccccc1)(c1ccccc1)c1cc(Br)c3c(oc4ccccc43)c1-2.c1ccc(C2(c3ccccc3)c3ccccc3-c3c2ccc2c3oc3ccccc32)cc1. The minimum Gasteiger partial charge on any atom is -0.455 e. The Kier molecular flexibility index (Phi) is 9.00. The van der Waals surface area contributed by atoms with Crippen molar-refractivity contribution in [3.05, 3.63) is 284 Å². The molecular formula is C62H38Br2O2. The van der Waals surface area contributed by atoms with E-state index in [0.29, 0.717) is 0 Å². The molecular weight excluding hydrogens is 936 g/mol. The van der Waals surface area contributed by atoms with Gasteiger partial charge >= 0.3 is 0 Å². The van der Waals surface area contributed by atoms with Crippen LogP contribution < -0.4 is 0 Å². The van der Waals surface area contributed by atoms with Gasteiger partial charge in [0.25, 0.3) is 0 Å². The molecule has 2 aromatic heterocycles. The van der Waals surface area contributed by atoms with Crippen LogP contribution >= 0.6 is 31.9 Å². The Hall–Kier alpha value is -7.24. The standard InChI is InChI=1S/C31H18Br2O.C31H20O/c32-21-15-16-22-24(17-21)31(19-9-3-1-4-10-19,20-11-5-2-6-12-20)25-18-26(33)29-23-13-7-8-14-27(23)34-30(29)28(22)25;1-3-11-21(12-4-1)31(22-13-5-2-6-14-22)26-17-9-7-16-25(26)29-27(31)20-19-24-23-15-8-10-18-28(23)32-30(24)29/h1-18H;1-20H. The van der Waals surface area contributed by atoms with Crippen LogP contribution in [0.1, 0.15) is 44.5 Å². The van der Waals surface area contributed by atoms with Gasteiger partial charge in [0.15, 0.2) is 0 Å². The van der Waals surface area contributed by atoms with Crippen molar-refractivity contribution >= 4 is 75.7 Å².